The zero-order valence-electron chi connectivity index (χ0n) is 15.1. The number of anilines is 1. The Bertz CT molecular complexity index is 858. The van der Waals surface area contributed by atoms with Gasteiger partial charge in [-0.2, -0.15) is 0 Å². The van der Waals surface area contributed by atoms with Gasteiger partial charge in [0.15, 0.2) is 5.96 Å². The Morgan fingerprint density at radius 1 is 1.11 bits per heavy atom. The van der Waals surface area contributed by atoms with Crippen molar-refractivity contribution >= 4 is 29.3 Å². The summed E-state index contributed by atoms with van der Waals surface area (Å²) in [4.78, 5) is 29.7. The van der Waals surface area contributed by atoms with Gasteiger partial charge >= 0.3 is 6.09 Å². The number of aliphatic imine (C=N–C) groups is 1. The first kappa shape index (κ1) is 19.7. The first-order valence-electron chi connectivity index (χ1n) is 8.03. The van der Waals surface area contributed by atoms with Crippen LogP contribution in [0.4, 0.5) is 16.2 Å². The van der Waals surface area contributed by atoms with Crippen LogP contribution in [0.3, 0.4) is 0 Å². The number of hydrogen-bond acceptors (Lipinski definition) is 5. The number of nitrogens with two attached hydrogens (primary N) is 3. The predicted molar refractivity (Wildman–Crippen MR) is 104 cm³/mol. The molecule has 2 aromatic carbocycles. The van der Waals surface area contributed by atoms with E-state index in [0.29, 0.717) is 17.9 Å². The van der Waals surface area contributed by atoms with Crippen LogP contribution in [0.1, 0.15) is 15.9 Å². The maximum absolute atomic E-state index is 12.6. The van der Waals surface area contributed by atoms with E-state index >= 15 is 0 Å². The van der Waals surface area contributed by atoms with Crippen molar-refractivity contribution < 1.29 is 14.3 Å². The molecule has 0 aromatic heterocycles. The predicted octanol–water partition coefficient (Wildman–Crippen LogP) is 1.36. The molecular weight excluding hydrogens is 348 g/mol. The fraction of sp³-hybridized carbons (Fsp3) is 0.167. The van der Waals surface area contributed by atoms with E-state index in [4.69, 9.17) is 21.9 Å². The van der Waals surface area contributed by atoms with Crippen LogP contribution in [-0.2, 0) is 6.54 Å². The van der Waals surface area contributed by atoms with Crippen LogP contribution in [-0.4, -0.2) is 37.0 Å². The molecule has 2 aromatic rings. The molecule has 0 radical (unpaired) electrons. The molecule has 0 spiro atoms. The van der Waals surface area contributed by atoms with Crippen molar-refractivity contribution in [2.75, 3.05) is 19.4 Å². The average molecular weight is 370 g/mol. The highest BCUT2D eigenvalue weighted by Crippen LogP contribution is 2.27. The summed E-state index contributed by atoms with van der Waals surface area (Å²) in [5, 5.41) is 2.74. The highest BCUT2D eigenvalue weighted by atomic mass is 16.6. The van der Waals surface area contributed by atoms with Crippen LogP contribution in [0.25, 0.3) is 0 Å². The number of guanidine groups is 1. The van der Waals surface area contributed by atoms with Gasteiger partial charge in [0, 0.05) is 32.4 Å². The number of benzene rings is 2. The van der Waals surface area contributed by atoms with Crippen molar-refractivity contribution in [1.29, 1.82) is 0 Å². The molecule has 2 amide bonds. The molecule has 0 unspecified atom stereocenters. The fourth-order valence-electron chi connectivity index (χ4n) is 2.11. The van der Waals surface area contributed by atoms with Gasteiger partial charge < -0.3 is 32.2 Å². The number of carbonyl (C=O) groups excluding carboxylic acids is 2. The Balaban J connectivity index is 2.32. The minimum atomic E-state index is -0.641. The summed E-state index contributed by atoms with van der Waals surface area (Å²) < 4.78 is 5.28. The normalized spacial score (nSPS) is 10.0. The van der Waals surface area contributed by atoms with E-state index in [1.165, 1.54) is 31.1 Å². The molecule has 7 N–H and O–H groups in total. The summed E-state index contributed by atoms with van der Waals surface area (Å²) in [7, 11) is 3.06. The van der Waals surface area contributed by atoms with Crippen molar-refractivity contribution in [2.45, 2.75) is 6.54 Å². The second-order valence-corrected chi connectivity index (χ2v) is 5.83. The first-order chi connectivity index (χ1) is 12.8. The number of ether oxygens (including phenoxy) is 1. The minimum absolute atomic E-state index is 0.0345. The monoisotopic (exact) mass is 370 g/mol. The lowest BCUT2D eigenvalue weighted by Gasteiger charge is -2.14. The van der Waals surface area contributed by atoms with Crippen molar-refractivity contribution in [1.82, 2.24) is 4.90 Å². The standard InChI is InChI=1S/C18H22N6O3/c1-24(2)18(26)27-15-9-13(23-17(20)21)7-8-14(15)16(25)22-12-5-3-11(10-19)4-6-12/h3-9H,10,19H2,1-2H3,(H,22,25)(H4,20,21,23). The zero-order chi connectivity index (χ0) is 20.0. The number of carbonyl (C=O) groups is 2. The number of nitrogens with zero attached hydrogens (tertiary/aromatic N) is 2. The number of rotatable bonds is 5. The van der Waals surface area contributed by atoms with Crippen LogP contribution in [0.2, 0.25) is 0 Å². The maximum Gasteiger partial charge on any atom is 0.414 e. The molecule has 0 bridgehead atoms. The van der Waals surface area contributed by atoms with Gasteiger partial charge in [0.25, 0.3) is 5.91 Å². The molecule has 0 aliphatic rings. The van der Waals surface area contributed by atoms with Crippen molar-refractivity contribution in [3.05, 3.63) is 53.6 Å². The highest BCUT2D eigenvalue weighted by molar-refractivity contribution is 6.06. The lowest BCUT2D eigenvalue weighted by Crippen LogP contribution is -2.26. The van der Waals surface area contributed by atoms with Crippen LogP contribution >= 0.6 is 0 Å². The summed E-state index contributed by atoms with van der Waals surface area (Å²) >= 11 is 0. The van der Waals surface area contributed by atoms with E-state index < -0.39 is 12.0 Å². The number of hydrogen-bond donors (Lipinski definition) is 4. The molecule has 27 heavy (non-hydrogen) atoms. The Morgan fingerprint density at radius 3 is 2.33 bits per heavy atom. The molecule has 0 aliphatic carbocycles. The summed E-state index contributed by atoms with van der Waals surface area (Å²) in [5.74, 6) is -0.572. The van der Waals surface area contributed by atoms with Gasteiger partial charge in [-0.15, -0.1) is 0 Å². The van der Waals surface area contributed by atoms with Crippen molar-refractivity contribution in [3.63, 3.8) is 0 Å². The van der Waals surface area contributed by atoms with E-state index in [-0.39, 0.29) is 17.3 Å². The molecule has 0 aliphatic heterocycles. The van der Waals surface area contributed by atoms with Gasteiger partial charge in [0.2, 0.25) is 0 Å². The smallest absolute Gasteiger partial charge is 0.409 e. The van der Waals surface area contributed by atoms with E-state index in [0.717, 1.165) is 5.56 Å². The molecule has 0 atom stereocenters. The van der Waals surface area contributed by atoms with Crippen LogP contribution < -0.4 is 27.3 Å². The molecule has 0 saturated carbocycles. The van der Waals surface area contributed by atoms with E-state index in [1.54, 1.807) is 18.2 Å². The molecule has 0 heterocycles. The summed E-state index contributed by atoms with van der Waals surface area (Å²) in [5.41, 5.74) is 18.3. The van der Waals surface area contributed by atoms with Gasteiger partial charge in [0.1, 0.15) is 5.75 Å². The SMILES string of the molecule is CN(C)C(=O)Oc1cc(N=C(N)N)ccc1C(=O)Nc1ccc(CN)cc1. The molecule has 0 saturated heterocycles. The van der Waals surface area contributed by atoms with E-state index in [9.17, 15) is 9.59 Å². The lowest BCUT2D eigenvalue weighted by atomic mass is 10.1. The third-order valence-corrected chi connectivity index (χ3v) is 3.48. The zero-order valence-corrected chi connectivity index (χ0v) is 15.1. The molecular formula is C18H22N6O3. The van der Waals surface area contributed by atoms with Crippen molar-refractivity contribution in [2.24, 2.45) is 22.2 Å². The molecule has 9 heteroatoms. The molecule has 142 valence electrons. The van der Waals surface area contributed by atoms with Gasteiger partial charge in [-0.1, -0.05) is 12.1 Å². The average Bonchev–Trinajstić information content (AvgIpc) is 2.61. The largest absolute Gasteiger partial charge is 0.414 e. The Kier molecular flexibility index (Phi) is 6.34. The highest BCUT2D eigenvalue weighted by Gasteiger charge is 2.17. The second kappa shape index (κ2) is 8.68. The maximum atomic E-state index is 12.6. The van der Waals surface area contributed by atoms with E-state index in [2.05, 4.69) is 10.3 Å². The summed E-state index contributed by atoms with van der Waals surface area (Å²) in [6.45, 7) is 0.408. The second-order valence-electron chi connectivity index (χ2n) is 5.83. The molecule has 2 rings (SSSR count). The van der Waals surface area contributed by atoms with Gasteiger partial charge in [-0.25, -0.2) is 9.79 Å². The van der Waals surface area contributed by atoms with Crippen LogP contribution in [0.5, 0.6) is 5.75 Å². The van der Waals surface area contributed by atoms with Crippen LogP contribution in [0.15, 0.2) is 47.5 Å². The topological polar surface area (TPSA) is 149 Å². The lowest BCUT2D eigenvalue weighted by molar-refractivity contribution is 0.102. The van der Waals surface area contributed by atoms with Gasteiger partial charge in [-0.3, -0.25) is 4.79 Å². The third kappa shape index (κ3) is 5.44. The Hall–Kier alpha value is -3.59. The Morgan fingerprint density at radius 2 is 1.78 bits per heavy atom. The van der Waals surface area contributed by atoms with Crippen molar-refractivity contribution in [3.8, 4) is 5.75 Å². The fourth-order valence-corrected chi connectivity index (χ4v) is 2.11. The first-order valence-corrected chi connectivity index (χ1v) is 8.03. The Labute approximate surface area is 156 Å². The quantitative estimate of drug-likeness (QED) is 0.461. The summed E-state index contributed by atoms with van der Waals surface area (Å²) in [6.07, 6.45) is -0.641. The molecule has 0 fully saturated rings. The summed E-state index contributed by atoms with van der Waals surface area (Å²) in [6, 6.07) is 11.5. The number of amides is 2. The van der Waals surface area contributed by atoms with Crippen LogP contribution in [0, 0.1) is 0 Å². The van der Waals surface area contributed by atoms with Gasteiger partial charge in [0.05, 0.1) is 11.3 Å². The van der Waals surface area contributed by atoms with Gasteiger partial charge in [-0.05, 0) is 29.8 Å². The molecule has 9 nitrogen and oxygen atoms in total. The number of nitrogens with one attached hydrogen (secondary N) is 1. The minimum Gasteiger partial charge on any atom is -0.409 e. The van der Waals surface area contributed by atoms with E-state index in [1.807, 2.05) is 12.1 Å². The third-order valence-electron chi connectivity index (χ3n) is 3.48.